The highest BCUT2D eigenvalue weighted by Gasteiger charge is 2.23. The van der Waals surface area contributed by atoms with Crippen LogP contribution in [0.1, 0.15) is 17.2 Å². The number of carbonyl (C=O) groups excluding carboxylic acids is 1. The molecule has 0 radical (unpaired) electrons. The standard InChI is InChI=1S/C23H21NO3S/c25-23(24-18-10-5-2-6-11-18)22(17-8-3-1-4-9-17)28-19-12-13-20-21(16-19)27-15-7-14-26-20/h1-6,8-13,16,22H,7,14-15H2,(H,24,25). The average Bonchev–Trinajstić information content (AvgIpc) is 2.98. The van der Waals surface area contributed by atoms with Crippen LogP contribution in [-0.2, 0) is 4.79 Å². The summed E-state index contributed by atoms with van der Waals surface area (Å²) in [6, 6.07) is 25.2. The molecule has 0 fully saturated rings. The van der Waals surface area contributed by atoms with Crippen LogP contribution in [0.3, 0.4) is 0 Å². The summed E-state index contributed by atoms with van der Waals surface area (Å²) in [5.41, 5.74) is 1.74. The smallest absolute Gasteiger partial charge is 0.242 e. The first-order chi connectivity index (χ1) is 13.8. The number of hydrogen-bond acceptors (Lipinski definition) is 4. The van der Waals surface area contributed by atoms with Crippen molar-refractivity contribution in [1.82, 2.24) is 0 Å². The van der Waals surface area contributed by atoms with Crippen molar-refractivity contribution in [3.05, 3.63) is 84.4 Å². The number of anilines is 1. The van der Waals surface area contributed by atoms with Gasteiger partial charge in [-0.05, 0) is 35.9 Å². The lowest BCUT2D eigenvalue weighted by Gasteiger charge is -2.18. The van der Waals surface area contributed by atoms with E-state index < -0.39 is 0 Å². The van der Waals surface area contributed by atoms with Crippen molar-refractivity contribution in [1.29, 1.82) is 0 Å². The maximum absolute atomic E-state index is 13.1. The third-order valence-electron chi connectivity index (χ3n) is 4.35. The van der Waals surface area contributed by atoms with Gasteiger partial charge < -0.3 is 14.8 Å². The van der Waals surface area contributed by atoms with Crippen LogP contribution in [0.5, 0.6) is 11.5 Å². The van der Waals surface area contributed by atoms with Crippen LogP contribution in [0.15, 0.2) is 83.8 Å². The van der Waals surface area contributed by atoms with Gasteiger partial charge in [-0.1, -0.05) is 48.5 Å². The number of hydrogen-bond donors (Lipinski definition) is 1. The fraction of sp³-hybridized carbons (Fsp3) is 0.174. The van der Waals surface area contributed by atoms with E-state index in [0.29, 0.717) is 13.2 Å². The lowest BCUT2D eigenvalue weighted by atomic mass is 10.1. The topological polar surface area (TPSA) is 47.6 Å². The van der Waals surface area contributed by atoms with Gasteiger partial charge >= 0.3 is 0 Å². The molecule has 0 spiro atoms. The zero-order valence-electron chi connectivity index (χ0n) is 15.3. The Labute approximate surface area is 168 Å². The van der Waals surface area contributed by atoms with Gasteiger partial charge in [-0.15, -0.1) is 11.8 Å². The van der Waals surface area contributed by atoms with Crippen molar-refractivity contribution in [3.8, 4) is 11.5 Å². The van der Waals surface area contributed by atoms with Crippen LogP contribution in [-0.4, -0.2) is 19.1 Å². The van der Waals surface area contributed by atoms with Gasteiger partial charge in [-0.3, -0.25) is 4.79 Å². The number of rotatable bonds is 5. The number of para-hydroxylation sites is 1. The maximum Gasteiger partial charge on any atom is 0.242 e. The van der Waals surface area contributed by atoms with Crippen LogP contribution < -0.4 is 14.8 Å². The quantitative estimate of drug-likeness (QED) is 0.598. The van der Waals surface area contributed by atoms with Crippen molar-refractivity contribution in [2.75, 3.05) is 18.5 Å². The first kappa shape index (κ1) is 18.4. The van der Waals surface area contributed by atoms with Gasteiger partial charge in [-0.25, -0.2) is 0 Å². The molecule has 142 valence electrons. The van der Waals surface area contributed by atoms with E-state index >= 15 is 0 Å². The molecule has 5 heteroatoms. The number of fused-ring (bicyclic) bond motifs is 1. The Morgan fingerprint density at radius 2 is 1.54 bits per heavy atom. The molecule has 1 unspecified atom stereocenters. The fourth-order valence-corrected chi connectivity index (χ4v) is 4.04. The Kier molecular flexibility index (Phi) is 5.83. The number of nitrogens with one attached hydrogen (secondary N) is 1. The first-order valence-electron chi connectivity index (χ1n) is 9.27. The van der Waals surface area contributed by atoms with Crippen LogP contribution in [0.2, 0.25) is 0 Å². The minimum absolute atomic E-state index is 0.0606. The van der Waals surface area contributed by atoms with E-state index in [9.17, 15) is 4.79 Å². The zero-order chi connectivity index (χ0) is 19.2. The molecule has 1 amide bonds. The van der Waals surface area contributed by atoms with Gasteiger partial charge in [0.15, 0.2) is 11.5 Å². The number of amides is 1. The van der Waals surface area contributed by atoms with Crippen molar-refractivity contribution in [3.63, 3.8) is 0 Å². The highest BCUT2D eigenvalue weighted by molar-refractivity contribution is 8.00. The molecule has 1 aliphatic rings. The third-order valence-corrected chi connectivity index (χ3v) is 5.60. The van der Waals surface area contributed by atoms with Gasteiger partial charge in [0.1, 0.15) is 5.25 Å². The van der Waals surface area contributed by atoms with Crippen LogP contribution in [0, 0.1) is 0 Å². The Bertz CT molecular complexity index is 931. The highest BCUT2D eigenvalue weighted by Crippen LogP contribution is 2.40. The molecule has 4 rings (SSSR count). The number of thioether (sulfide) groups is 1. The Hall–Kier alpha value is -2.92. The van der Waals surface area contributed by atoms with Gasteiger partial charge in [0.05, 0.1) is 13.2 Å². The second-order valence-electron chi connectivity index (χ2n) is 6.42. The summed E-state index contributed by atoms with van der Waals surface area (Å²) in [7, 11) is 0. The molecule has 1 atom stereocenters. The fourth-order valence-electron chi connectivity index (χ4n) is 2.98. The summed E-state index contributed by atoms with van der Waals surface area (Å²) in [6.07, 6.45) is 0.864. The Morgan fingerprint density at radius 1 is 0.857 bits per heavy atom. The molecule has 4 nitrogen and oxygen atoms in total. The average molecular weight is 391 g/mol. The second kappa shape index (κ2) is 8.85. The van der Waals surface area contributed by atoms with E-state index in [1.807, 2.05) is 78.9 Å². The molecule has 28 heavy (non-hydrogen) atoms. The number of benzene rings is 3. The molecular formula is C23H21NO3S. The van der Waals surface area contributed by atoms with E-state index in [4.69, 9.17) is 9.47 Å². The summed E-state index contributed by atoms with van der Waals surface area (Å²) < 4.78 is 11.5. The predicted octanol–water partition coefficient (Wildman–Crippen LogP) is 5.32. The number of carbonyl (C=O) groups is 1. The minimum atomic E-state index is -0.383. The molecule has 3 aromatic carbocycles. The monoisotopic (exact) mass is 391 g/mol. The molecule has 1 heterocycles. The molecule has 0 aliphatic carbocycles. The molecule has 1 N–H and O–H groups in total. The van der Waals surface area contributed by atoms with Crippen molar-refractivity contribution in [2.24, 2.45) is 0 Å². The molecule has 0 aromatic heterocycles. The van der Waals surface area contributed by atoms with Gasteiger partial charge in [0.2, 0.25) is 5.91 Å². The molecule has 0 saturated carbocycles. The van der Waals surface area contributed by atoms with Crippen molar-refractivity contribution in [2.45, 2.75) is 16.6 Å². The summed E-state index contributed by atoms with van der Waals surface area (Å²) in [6.45, 7) is 1.29. The lowest BCUT2D eigenvalue weighted by Crippen LogP contribution is -2.18. The Morgan fingerprint density at radius 3 is 2.29 bits per heavy atom. The van der Waals surface area contributed by atoms with Gasteiger partial charge in [0.25, 0.3) is 0 Å². The van der Waals surface area contributed by atoms with Crippen molar-refractivity contribution < 1.29 is 14.3 Å². The third kappa shape index (κ3) is 4.49. The minimum Gasteiger partial charge on any atom is -0.490 e. The summed E-state index contributed by atoms with van der Waals surface area (Å²) >= 11 is 1.50. The summed E-state index contributed by atoms with van der Waals surface area (Å²) in [5.74, 6) is 1.43. The predicted molar refractivity (Wildman–Crippen MR) is 112 cm³/mol. The summed E-state index contributed by atoms with van der Waals surface area (Å²) in [5, 5.41) is 2.63. The van der Waals surface area contributed by atoms with Crippen LogP contribution in [0.25, 0.3) is 0 Å². The van der Waals surface area contributed by atoms with Crippen molar-refractivity contribution >= 4 is 23.4 Å². The Balaban J connectivity index is 1.59. The normalized spacial score (nSPS) is 14.0. The SMILES string of the molecule is O=C(Nc1ccccc1)C(Sc1ccc2c(c1)OCCCO2)c1ccccc1. The molecule has 0 saturated heterocycles. The van der Waals surface area contributed by atoms with Crippen LogP contribution >= 0.6 is 11.8 Å². The van der Waals surface area contributed by atoms with Gasteiger partial charge in [-0.2, -0.15) is 0 Å². The van der Waals surface area contributed by atoms with E-state index in [1.165, 1.54) is 11.8 Å². The van der Waals surface area contributed by atoms with Crippen LogP contribution in [0.4, 0.5) is 5.69 Å². The lowest BCUT2D eigenvalue weighted by molar-refractivity contribution is -0.115. The number of ether oxygens (including phenoxy) is 2. The molecular weight excluding hydrogens is 370 g/mol. The van der Waals surface area contributed by atoms with E-state index in [1.54, 1.807) is 0 Å². The second-order valence-corrected chi connectivity index (χ2v) is 7.60. The van der Waals surface area contributed by atoms with E-state index in [0.717, 1.165) is 34.1 Å². The first-order valence-corrected chi connectivity index (χ1v) is 10.1. The highest BCUT2D eigenvalue weighted by atomic mass is 32.2. The van der Waals surface area contributed by atoms with E-state index in [-0.39, 0.29) is 11.2 Å². The maximum atomic E-state index is 13.1. The summed E-state index contributed by atoms with van der Waals surface area (Å²) in [4.78, 5) is 14.0. The largest absolute Gasteiger partial charge is 0.490 e. The molecule has 1 aliphatic heterocycles. The molecule has 3 aromatic rings. The van der Waals surface area contributed by atoms with E-state index in [2.05, 4.69) is 5.32 Å². The zero-order valence-corrected chi connectivity index (χ0v) is 16.2. The van der Waals surface area contributed by atoms with Gasteiger partial charge in [0, 0.05) is 17.0 Å². The molecule has 0 bridgehead atoms.